The van der Waals surface area contributed by atoms with Gasteiger partial charge in [0.2, 0.25) is 0 Å². The summed E-state index contributed by atoms with van der Waals surface area (Å²) in [6.45, 7) is 3.86. The first-order valence-corrected chi connectivity index (χ1v) is 6.30. The van der Waals surface area contributed by atoms with E-state index in [1.54, 1.807) is 0 Å². The highest BCUT2D eigenvalue weighted by Crippen LogP contribution is 2.15. The van der Waals surface area contributed by atoms with Crippen LogP contribution in [0.2, 0.25) is 0 Å². The quantitative estimate of drug-likeness (QED) is 0.482. The molecular weight excluding hydrogens is 238 g/mol. The van der Waals surface area contributed by atoms with Crippen molar-refractivity contribution in [3.05, 3.63) is 17.5 Å². The number of nitrogens with two attached hydrogens (primary N) is 1. The first kappa shape index (κ1) is 13.9. The second-order valence-corrected chi connectivity index (χ2v) is 4.76. The minimum absolute atomic E-state index is 0.382. The van der Waals surface area contributed by atoms with Crippen molar-refractivity contribution in [1.29, 1.82) is 0 Å². The van der Waals surface area contributed by atoms with Crippen molar-refractivity contribution in [1.82, 2.24) is 9.97 Å². The third-order valence-electron chi connectivity index (χ3n) is 2.13. The fraction of sp³-hybridized carbons (Fsp3) is 0.545. The van der Waals surface area contributed by atoms with Gasteiger partial charge >= 0.3 is 5.97 Å². The molecule has 0 aliphatic rings. The Kier molecular flexibility index (Phi) is 5.37. The fourth-order valence-corrected chi connectivity index (χ4v) is 2.28. The highest BCUT2D eigenvalue weighted by molar-refractivity contribution is 7.99. The maximum atomic E-state index is 11.1. The van der Waals surface area contributed by atoms with Crippen LogP contribution in [0.4, 0.5) is 0 Å². The van der Waals surface area contributed by atoms with E-state index in [9.17, 15) is 4.79 Å². The number of thioether (sulfide) groups is 1. The minimum atomic E-state index is -0.571. The summed E-state index contributed by atoms with van der Waals surface area (Å²) in [6, 6.07) is 1.35. The molecule has 0 aromatic carbocycles. The topological polar surface area (TPSA) is 78.1 Å². The summed E-state index contributed by atoms with van der Waals surface area (Å²) in [5, 5.41) is 0.722. The Labute approximate surface area is 105 Å². The number of esters is 1. The Morgan fingerprint density at radius 3 is 2.59 bits per heavy atom. The van der Waals surface area contributed by atoms with E-state index in [4.69, 9.17) is 5.73 Å². The summed E-state index contributed by atoms with van der Waals surface area (Å²) in [5.74, 6) is 0.311. The molecule has 1 heterocycles. The Balaban J connectivity index is 2.43. The van der Waals surface area contributed by atoms with Crippen molar-refractivity contribution in [3.8, 4) is 0 Å². The van der Waals surface area contributed by atoms with Gasteiger partial charge in [-0.05, 0) is 26.3 Å². The standard InChI is InChI=1S/C11H17N3O2S/c1-7-6-8(2)14-11(13-7)17-5-4-9(12)10(15)16-3/h6,9H,4-5,12H2,1-3H3. The van der Waals surface area contributed by atoms with Gasteiger partial charge in [0.25, 0.3) is 0 Å². The fourth-order valence-electron chi connectivity index (χ4n) is 1.30. The van der Waals surface area contributed by atoms with Crippen molar-refractivity contribution in [2.75, 3.05) is 12.9 Å². The van der Waals surface area contributed by atoms with Gasteiger partial charge in [-0.2, -0.15) is 0 Å². The van der Waals surface area contributed by atoms with Gasteiger partial charge < -0.3 is 10.5 Å². The van der Waals surface area contributed by atoms with E-state index in [0.29, 0.717) is 12.2 Å². The molecule has 1 rings (SSSR count). The van der Waals surface area contributed by atoms with Crippen LogP contribution in [0.1, 0.15) is 17.8 Å². The van der Waals surface area contributed by atoms with Crippen molar-refractivity contribution in [2.45, 2.75) is 31.5 Å². The van der Waals surface area contributed by atoms with Gasteiger partial charge in [0.05, 0.1) is 7.11 Å². The monoisotopic (exact) mass is 255 g/mol. The van der Waals surface area contributed by atoms with E-state index in [-0.39, 0.29) is 5.97 Å². The first-order chi connectivity index (χ1) is 8.02. The molecule has 1 aromatic heterocycles. The van der Waals surface area contributed by atoms with E-state index < -0.39 is 6.04 Å². The van der Waals surface area contributed by atoms with E-state index in [0.717, 1.165) is 16.5 Å². The SMILES string of the molecule is COC(=O)C(N)CCSc1nc(C)cc(C)n1. The van der Waals surface area contributed by atoms with Crippen molar-refractivity contribution in [3.63, 3.8) is 0 Å². The van der Waals surface area contributed by atoms with Gasteiger partial charge in [-0.25, -0.2) is 9.97 Å². The molecule has 17 heavy (non-hydrogen) atoms. The number of carbonyl (C=O) groups excluding carboxylic acids is 1. The number of aryl methyl sites for hydroxylation is 2. The third kappa shape index (κ3) is 4.70. The van der Waals surface area contributed by atoms with Crippen LogP contribution >= 0.6 is 11.8 Å². The highest BCUT2D eigenvalue weighted by atomic mass is 32.2. The van der Waals surface area contributed by atoms with Crippen LogP contribution in [0.25, 0.3) is 0 Å². The molecular formula is C11H17N3O2S. The predicted octanol–water partition coefficient (Wildman–Crippen LogP) is 1.08. The number of rotatable bonds is 5. The molecule has 1 aromatic rings. The van der Waals surface area contributed by atoms with Crippen LogP contribution in [-0.4, -0.2) is 34.8 Å². The molecule has 0 bridgehead atoms. The zero-order valence-corrected chi connectivity index (χ0v) is 11.1. The lowest BCUT2D eigenvalue weighted by Crippen LogP contribution is -2.31. The van der Waals surface area contributed by atoms with Gasteiger partial charge in [0.15, 0.2) is 5.16 Å². The van der Waals surface area contributed by atoms with Crippen molar-refractivity contribution < 1.29 is 9.53 Å². The van der Waals surface area contributed by atoms with Crippen molar-refractivity contribution in [2.24, 2.45) is 5.73 Å². The number of hydrogen-bond donors (Lipinski definition) is 1. The van der Waals surface area contributed by atoms with Gasteiger partial charge in [-0.3, -0.25) is 4.79 Å². The maximum absolute atomic E-state index is 11.1. The molecule has 0 aliphatic carbocycles. The summed E-state index contributed by atoms with van der Waals surface area (Å²) in [6.07, 6.45) is 0.549. The number of ether oxygens (including phenoxy) is 1. The molecule has 6 heteroatoms. The molecule has 0 fully saturated rings. The van der Waals surface area contributed by atoms with Crippen LogP contribution in [0, 0.1) is 13.8 Å². The summed E-state index contributed by atoms with van der Waals surface area (Å²) in [4.78, 5) is 19.7. The number of carbonyl (C=O) groups is 1. The van der Waals surface area contributed by atoms with Gasteiger partial charge in [-0.15, -0.1) is 0 Å². The van der Waals surface area contributed by atoms with Crippen molar-refractivity contribution >= 4 is 17.7 Å². The highest BCUT2D eigenvalue weighted by Gasteiger charge is 2.13. The lowest BCUT2D eigenvalue weighted by atomic mass is 10.2. The van der Waals surface area contributed by atoms with Gasteiger partial charge in [-0.1, -0.05) is 11.8 Å². The molecule has 0 saturated carbocycles. The average molecular weight is 255 g/mol. The maximum Gasteiger partial charge on any atom is 0.322 e. The summed E-state index contributed by atoms with van der Waals surface area (Å²) >= 11 is 1.49. The smallest absolute Gasteiger partial charge is 0.322 e. The summed E-state index contributed by atoms with van der Waals surface area (Å²) in [7, 11) is 1.34. The zero-order valence-electron chi connectivity index (χ0n) is 10.3. The Morgan fingerprint density at radius 2 is 2.06 bits per heavy atom. The van der Waals surface area contributed by atoms with Crippen LogP contribution < -0.4 is 5.73 Å². The summed E-state index contributed by atoms with van der Waals surface area (Å²) < 4.78 is 4.55. The molecule has 0 radical (unpaired) electrons. The lowest BCUT2D eigenvalue weighted by Gasteiger charge is -2.08. The Morgan fingerprint density at radius 1 is 1.47 bits per heavy atom. The molecule has 0 spiro atoms. The summed E-state index contributed by atoms with van der Waals surface area (Å²) in [5.41, 5.74) is 7.51. The first-order valence-electron chi connectivity index (χ1n) is 5.31. The molecule has 94 valence electrons. The van der Waals surface area contributed by atoms with Gasteiger partial charge in [0.1, 0.15) is 6.04 Å². The van der Waals surface area contributed by atoms with E-state index in [1.165, 1.54) is 18.9 Å². The van der Waals surface area contributed by atoms with Crippen LogP contribution in [0.5, 0.6) is 0 Å². The molecule has 0 aliphatic heterocycles. The molecule has 2 N–H and O–H groups in total. The molecule has 1 unspecified atom stereocenters. The molecule has 0 saturated heterocycles. The van der Waals surface area contributed by atoms with E-state index >= 15 is 0 Å². The lowest BCUT2D eigenvalue weighted by molar-refractivity contribution is -0.142. The van der Waals surface area contributed by atoms with E-state index in [2.05, 4.69) is 14.7 Å². The van der Waals surface area contributed by atoms with Crippen LogP contribution in [0.15, 0.2) is 11.2 Å². The number of hydrogen-bond acceptors (Lipinski definition) is 6. The molecule has 5 nitrogen and oxygen atoms in total. The van der Waals surface area contributed by atoms with Crippen LogP contribution in [0.3, 0.4) is 0 Å². The molecule has 0 amide bonds. The second-order valence-electron chi connectivity index (χ2n) is 3.70. The second kappa shape index (κ2) is 6.56. The van der Waals surface area contributed by atoms with Crippen LogP contribution in [-0.2, 0) is 9.53 Å². The predicted molar refractivity (Wildman–Crippen MR) is 66.8 cm³/mol. The average Bonchev–Trinajstić information content (AvgIpc) is 2.26. The third-order valence-corrected chi connectivity index (χ3v) is 3.01. The largest absolute Gasteiger partial charge is 0.468 e. The number of methoxy groups -OCH3 is 1. The van der Waals surface area contributed by atoms with Gasteiger partial charge in [0, 0.05) is 17.1 Å². The minimum Gasteiger partial charge on any atom is -0.468 e. The normalized spacial score (nSPS) is 12.2. The zero-order chi connectivity index (χ0) is 12.8. The van der Waals surface area contributed by atoms with E-state index in [1.807, 2.05) is 19.9 Å². The Bertz CT molecular complexity index is 378. The number of aromatic nitrogens is 2. The number of nitrogens with zero attached hydrogens (tertiary/aromatic N) is 2. The Hall–Kier alpha value is -1.14. The molecule has 1 atom stereocenters.